The van der Waals surface area contributed by atoms with Crippen molar-refractivity contribution in [3.05, 3.63) is 12.2 Å². The number of aliphatic carboxylic acids is 1. The number of urea groups is 1. The van der Waals surface area contributed by atoms with E-state index < -0.39 is 23.3 Å². The van der Waals surface area contributed by atoms with Crippen molar-refractivity contribution in [2.75, 3.05) is 13.1 Å². The molecular formula is C12H18N2O4. The smallest absolute Gasteiger partial charge is 0.324 e. The number of hydrogen-bond acceptors (Lipinski definition) is 3. The number of carboxylic acid groups (broad SMARTS) is 1. The van der Waals surface area contributed by atoms with E-state index in [9.17, 15) is 14.4 Å². The number of amides is 3. The highest BCUT2D eigenvalue weighted by molar-refractivity contribution is 5.96. The summed E-state index contributed by atoms with van der Waals surface area (Å²) in [7, 11) is 0. The van der Waals surface area contributed by atoms with Crippen molar-refractivity contribution in [3.63, 3.8) is 0 Å². The third-order valence-electron chi connectivity index (χ3n) is 2.77. The van der Waals surface area contributed by atoms with Crippen molar-refractivity contribution in [2.45, 2.75) is 26.7 Å². The fourth-order valence-corrected chi connectivity index (χ4v) is 1.55. The van der Waals surface area contributed by atoms with Crippen LogP contribution in [0.1, 0.15) is 26.7 Å². The van der Waals surface area contributed by atoms with Crippen LogP contribution in [0.4, 0.5) is 4.79 Å². The van der Waals surface area contributed by atoms with Crippen molar-refractivity contribution >= 4 is 17.9 Å². The van der Waals surface area contributed by atoms with Crippen LogP contribution in [0.25, 0.3) is 0 Å². The highest BCUT2D eigenvalue weighted by atomic mass is 16.4. The molecule has 0 saturated carbocycles. The maximum atomic E-state index is 11.7. The molecule has 0 aromatic carbocycles. The first-order valence-corrected chi connectivity index (χ1v) is 5.80. The molecule has 0 spiro atoms. The molecule has 1 rings (SSSR count). The predicted molar refractivity (Wildman–Crippen MR) is 64.9 cm³/mol. The molecule has 3 amide bonds. The number of imide groups is 1. The minimum Gasteiger partial charge on any atom is -0.481 e. The van der Waals surface area contributed by atoms with E-state index >= 15 is 0 Å². The van der Waals surface area contributed by atoms with Gasteiger partial charge < -0.3 is 10.0 Å². The van der Waals surface area contributed by atoms with Crippen molar-refractivity contribution in [2.24, 2.45) is 5.41 Å². The lowest BCUT2D eigenvalue weighted by atomic mass is 9.89. The van der Waals surface area contributed by atoms with Gasteiger partial charge >= 0.3 is 12.0 Å². The lowest BCUT2D eigenvalue weighted by Gasteiger charge is -2.24. The van der Waals surface area contributed by atoms with E-state index in [0.717, 1.165) is 6.42 Å². The van der Waals surface area contributed by atoms with E-state index in [4.69, 9.17) is 5.11 Å². The first-order valence-electron chi connectivity index (χ1n) is 5.80. The van der Waals surface area contributed by atoms with Gasteiger partial charge in [-0.1, -0.05) is 12.2 Å². The largest absolute Gasteiger partial charge is 0.481 e. The Labute approximate surface area is 106 Å². The van der Waals surface area contributed by atoms with Crippen LogP contribution in [0.3, 0.4) is 0 Å². The summed E-state index contributed by atoms with van der Waals surface area (Å²) < 4.78 is 0. The lowest BCUT2D eigenvalue weighted by molar-refractivity contribution is -0.149. The van der Waals surface area contributed by atoms with Gasteiger partial charge in [0.1, 0.15) is 0 Å². The Morgan fingerprint density at radius 3 is 2.50 bits per heavy atom. The maximum absolute atomic E-state index is 11.7. The molecule has 1 heterocycles. The Kier molecular flexibility index (Phi) is 4.47. The van der Waals surface area contributed by atoms with E-state index in [0.29, 0.717) is 13.1 Å². The normalized spacial score (nSPS) is 15.3. The Balaban J connectivity index is 2.47. The van der Waals surface area contributed by atoms with Gasteiger partial charge in [-0.15, -0.1) is 0 Å². The molecule has 0 fully saturated rings. The molecule has 6 heteroatoms. The fourth-order valence-electron chi connectivity index (χ4n) is 1.55. The lowest BCUT2D eigenvalue weighted by Crippen LogP contribution is -2.45. The topological polar surface area (TPSA) is 86.7 Å². The molecule has 0 aromatic rings. The van der Waals surface area contributed by atoms with E-state index in [1.54, 1.807) is 0 Å². The monoisotopic (exact) mass is 254 g/mol. The van der Waals surface area contributed by atoms with Gasteiger partial charge in [0.25, 0.3) is 0 Å². The van der Waals surface area contributed by atoms with Gasteiger partial charge in [-0.05, 0) is 20.3 Å². The quantitative estimate of drug-likeness (QED) is 0.735. The van der Waals surface area contributed by atoms with E-state index in [2.05, 4.69) is 5.32 Å². The second kappa shape index (κ2) is 5.66. The van der Waals surface area contributed by atoms with Gasteiger partial charge in [0.15, 0.2) is 0 Å². The highest BCUT2D eigenvalue weighted by Crippen LogP contribution is 2.20. The number of rotatable bonds is 3. The molecule has 0 bridgehead atoms. The third-order valence-corrected chi connectivity index (χ3v) is 2.77. The first-order chi connectivity index (χ1) is 8.33. The minimum absolute atomic E-state index is 0.224. The summed E-state index contributed by atoms with van der Waals surface area (Å²) >= 11 is 0. The SMILES string of the molecule is CC(C)(CC(=O)NC(=O)N1CC=CCC1)C(=O)O. The average Bonchev–Trinajstić information content (AvgIpc) is 2.29. The van der Waals surface area contributed by atoms with Crippen LogP contribution in [0.2, 0.25) is 0 Å². The zero-order chi connectivity index (χ0) is 13.8. The van der Waals surface area contributed by atoms with E-state index in [1.807, 2.05) is 12.2 Å². The molecule has 0 unspecified atom stereocenters. The highest BCUT2D eigenvalue weighted by Gasteiger charge is 2.31. The van der Waals surface area contributed by atoms with E-state index in [1.165, 1.54) is 18.7 Å². The molecule has 0 radical (unpaired) electrons. The third kappa shape index (κ3) is 3.87. The molecule has 1 aliphatic heterocycles. The van der Waals surface area contributed by atoms with Crippen LogP contribution < -0.4 is 5.32 Å². The van der Waals surface area contributed by atoms with Gasteiger partial charge in [-0.3, -0.25) is 14.9 Å². The molecule has 1 aliphatic rings. The molecule has 100 valence electrons. The molecule has 0 aromatic heterocycles. The molecule has 6 nitrogen and oxygen atoms in total. The summed E-state index contributed by atoms with van der Waals surface area (Å²) in [6.07, 6.45) is 4.37. The molecule has 0 aliphatic carbocycles. The van der Waals surface area contributed by atoms with Crippen LogP contribution >= 0.6 is 0 Å². The standard InChI is InChI=1S/C12H18N2O4/c1-12(2,10(16)17)8-9(15)13-11(18)14-6-4-3-5-7-14/h3-4H,5-8H2,1-2H3,(H,16,17)(H,13,15,18). The van der Waals surface area contributed by atoms with Crippen LogP contribution in [0.15, 0.2) is 12.2 Å². The van der Waals surface area contributed by atoms with Crippen molar-refractivity contribution in [1.82, 2.24) is 10.2 Å². The maximum Gasteiger partial charge on any atom is 0.324 e. The van der Waals surface area contributed by atoms with Gasteiger partial charge in [0, 0.05) is 19.5 Å². The van der Waals surface area contributed by atoms with Crippen molar-refractivity contribution < 1.29 is 19.5 Å². The minimum atomic E-state index is -1.17. The molecular weight excluding hydrogens is 236 g/mol. The van der Waals surface area contributed by atoms with Crippen LogP contribution in [-0.4, -0.2) is 41.0 Å². The number of carbonyl (C=O) groups is 3. The number of nitrogens with one attached hydrogen (secondary N) is 1. The zero-order valence-corrected chi connectivity index (χ0v) is 10.6. The summed E-state index contributed by atoms with van der Waals surface area (Å²) in [5, 5.41) is 11.1. The second-order valence-corrected chi connectivity index (χ2v) is 4.93. The Morgan fingerprint density at radius 2 is 2.00 bits per heavy atom. The van der Waals surface area contributed by atoms with Gasteiger partial charge in [0.2, 0.25) is 5.91 Å². The summed E-state index contributed by atoms with van der Waals surface area (Å²) in [6, 6.07) is -0.467. The number of carboxylic acids is 1. The number of hydrogen-bond donors (Lipinski definition) is 2. The van der Waals surface area contributed by atoms with Crippen molar-refractivity contribution in [3.8, 4) is 0 Å². The summed E-state index contributed by atoms with van der Waals surface area (Å²) in [6.45, 7) is 3.94. The first kappa shape index (κ1) is 14.2. The molecule has 2 N–H and O–H groups in total. The Bertz CT molecular complexity index is 388. The second-order valence-electron chi connectivity index (χ2n) is 4.93. The average molecular weight is 254 g/mol. The van der Waals surface area contributed by atoms with Crippen LogP contribution in [0, 0.1) is 5.41 Å². The van der Waals surface area contributed by atoms with Gasteiger partial charge in [-0.2, -0.15) is 0 Å². The molecule has 0 saturated heterocycles. The molecule has 18 heavy (non-hydrogen) atoms. The number of carbonyl (C=O) groups excluding carboxylic acids is 2. The molecule has 0 atom stereocenters. The summed E-state index contributed by atoms with van der Waals surface area (Å²) in [5.74, 6) is -1.63. The number of nitrogens with zero attached hydrogens (tertiary/aromatic N) is 1. The van der Waals surface area contributed by atoms with Crippen molar-refractivity contribution in [1.29, 1.82) is 0 Å². The van der Waals surface area contributed by atoms with Gasteiger partial charge in [-0.25, -0.2) is 4.79 Å². The summed E-state index contributed by atoms with van der Waals surface area (Å²) in [5.41, 5.74) is -1.17. The van der Waals surface area contributed by atoms with Crippen LogP contribution in [-0.2, 0) is 9.59 Å². The van der Waals surface area contributed by atoms with E-state index in [-0.39, 0.29) is 6.42 Å². The zero-order valence-electron chi connectivity index (χ0n) is 10.6. The Hall–Kier alpha value is -1.85. The summed E-state index contributed by atoms with van der Waals surface area (Å²) in [4.78, 5) is 35.6. The van der Waals surface area contributed by atoms with Gasteiger partial charge in [0.05, 0.1) is 5.41 Å². The van der Waals surface area contributed by atoms with Crippen LogP contribution in [0.5, 0.6) is 0 Å². The fraction of sp³-hybridized carbons (Fsp3) is 0.583. The Morgan fingerprint density at radius 1 is 1.33 bits per heavy atom. The predicted octanol–water partition coefficient (Wildman–Crippen LogP) is 0.985.